The minimum atomic E-state index is 0.0998. The lowest BCUT2D eigenvalue weighted by atomic mass is 10.1. The number of anilines is 3. The van der Waals surface area contributed by atoms with Crippen LogP contribution >= 0.6 is 23.2 Å². The van der Waals surface area contributed by atoms with Gasteiger partial charge in [-0.15, -0.1) is 0 Å². The minimum absolute atomic E-state index is 0.0998. The van der Waals surface area contributed by atoms with E-state index in [1.165, 1.54) is 6.20 Å². The number of nitrogen functional groups attached to an aromatic ring is 1. The third-order valence-electron chi connectivity index (χ3n) is 3.15. The predicted molar refractivity (Wildman–Crippen MR) is 93.3 cm³/mol. The summed E-state index contributed by atoms with van der Waals surface area (Å²) in [5.41, 5.74) is 8.21. The first-order valence-corrected chi connectivity index (χ1v) is 7.42. The Morgan fingerprint density at radius 3 is 2.43 bits per heavy atom. The van der Waals surface area contributed by atoms with Gasteiger partial charge in [0, 0.05) is 23.1 Å². The van der Waals surface area contributed by atoms with E-state index in [1.807, 2.05) is 6.07 Å². The molecule has 7 heteroatoms. The summed E-state index contributed by atoms with van der Waals surface area (Å²) >= 11 is 11.9. The van der Waals surface area contributed by atoms with Crippen LogP contribution in [0.4, 0.5) is 17.3 Å². The monoisotopic (exact) mass is 346 g/mol. The third kappa shape index (κ3) is 3.47. The molecule has 4 N–H and O–H groups in total. The van der Waals surface area contributed by atoms with E-state index in [-0.39, 0.29) is 11.7 Å². The summed E-state index contributed by atoms with van der Waals surface area (Å²) in [6.07, 6.45) is 1.54. The maximum absolute atomic E-state index is 10.1. The van der Waals surface area contributed by atoms with Crippen LogP contribution in [0.2, 0.25) is 10.0 Å². The van der Waals surface area contributed by atoms with Crippen LogP contribution < -0.4 is 11.1 Å². The van der Waals surface area contributed by atoms with Crippen molar-refractivity contribution in [2.75, 3.05) is 11.1 Å². The molecule has 23 heavy (non-hydrogen) atoms. The average Bonchev–Trinajstić information content (AvgIpc) is 2.53. The smallest absolute Gasteiger partial charge is 0.220 e. The van der Waals surface area contributed by atoms with Crippen molar-refractivity contribution in [3.63, 3.8) is 0 Å². The van der Waals surface area contributed by atoms with Gasteiger partial charge in [0.25, 0.3) is 0 Å². The number of nitrogens with two attached hydrogens (primary N) is 1. The summed E-state index contributed by atoms with van der Waals surface area (Å²) < 4.78 is 0. The van der Waals surface area contributed by atoms with Crippen LogP contribution in [0.1, 0.15) is 0 Å². The van der Waals surface area contributed by atoms with Crippen molar-refractivity contribution in [3.8, 4) is 17.0 Å². The molecule has 0 aliphatic rings. The normalized spacial score (nSPS) is 10.5. The topological polar surface area (TPSA) is 84.1 Å². The van der Waals surface area contributed by atoms with Crippen molar-refractivity contribution in [1.29, 1.82) is 0 Å². The molecule has 0 aliphatic carbocycles. The summed E-state index contributed by atoms with van der Waals surface area (Å²) in [6, 6.07) is 12.0. The fourth-order valence-corrected chi connectivity index (χ4v) is 2.38. The van der Waals surface area contributed by atoms with E-state index in [9.17, 15) is 5.11 Å². The first kappa shape index (κ1) is 15.4. The van der Waals surface area contributed by atoms with Gasteiger partial charge in [0.1, 0.15) is 5.75 Å². The van der Waals surface area contributed by atoms with Gasteiger partial charge in [0.05, 0.1) is 15.7 Å². The zero-order valence-corrected chi connectivity index (χ0v) is 13.3. The molecule has 116 valence electrons. The number of rotatable bonds is 3. The number of phenolic OH excluding ortho intramolecular Hbond substituents is 1. The number of hydrogen-bond donors (Lipinski definition) is 3. The third-order valence-corrected chi connectivity index (χ3v) is 3.89. The number of nitrogens with zero attached hydrogens (tertiary/aromatic N) is 2. The lowest BCUT2D eigenvalue weighted by Crippen LogP contribution is -1.96. The Morgan fingerprint density at radius 1 is 0.957 bits per heavy atom. The van der Waals surface area contributed by atoms with Gasteiger partial charge >= 0.3 is 0 Å². The Balaban J connectivity index is 1.95. The molecule has 0 saturated carbocycles. The molecular formula is C16H12Cl2N4O. The number of halogens is 2. The predicted octanol–water partition coefficient (Wildman–Crippen LogP) is 4.48. The summed E-state index contributed by atoms with van der Waals surface area (Å²) in [5, 5.41) is 14.2. The molecule has 1 heterocycles. The first-order valence-electron chi connectivity index (χ1n) is 6.67. The highest BCUT2D eigenvalue weighted by molar-refractivity contribution is 6.42. The maximum Gasteiger partial charge on any atom is 0.220 e. The molecule has 3 aromatic rings. The number of phenols is 1. The van der Waals surface area contributed by atoms with E-state index in [0.29, 0.717) is 21.3 Å². The van der Waals surface area contributed by atoms with Crippen LogP contribution in [0.3, 0.4) is 0 Å². The lowest BCUT2D eigenvalue weighted by Gasteiger charge is -2.11. The van der Waals surface area contributed by atoms with Crippen molar-refractivity contribution < 1.29 is 5.11 Å². The van der Waals surface area contributed by atoms with Crippen molar-refractivity contribution in [2.24, 2.45) is 0 Å². The molecule has 2 aromatic carbocycles. The molecule has 0 atom stereocenters. The van der Waals surface area contributed by atoms with Gasteiger partial charge in [-0.3, -0.25) is 0 Å². The van der Waals surface area contributed by atoms with E-state index < -0.39 is 0 Å². The second-order valence-corrected chi connectivity index (χ2v) is 5.60. The second-order valence-electron chi connectivity index (χ2n) is 4.79. The van der Waals surface area contributed by atoms with E-state index >= 15 is 0 Å². The van der Waals surface area contributed by atoms with Gasteiger partial charge in [-0.05, 0) is 42.5 Å². The fourth-order valence-electron chi connectivity index (χ4n) is 2.08. The van der Waals surface area contributed by atoms with Crippen molar-refractivity contribution >= 4 is 40.5 Å². The Hall–Kier alpha value is -2.50. The van der Waals surface area contributed by atoms with Crippen LogP contribution in [0, 0.1) is 0 Å². The maximum atomic E-state index is 10.1. The highest BCUT2D eigenvalue weighted by atomic mass is 35.5. The van der Waals surface area contributed by atoms with Crippen molar-refractivity contribution in [3.05, 3.63) is 58.7 Å². The van der Waals surface area contributed by atoms with Crippen LogP contribution in [-0.4, -0.2) is 15.1 Å². The average molecular weight is 347 g/mol. The largest absolute Gasteiger partial charge is 0.507 e. The number of hydrogen-bond acceptors (Lipinski definition) is 5. The molecule has 0 saturated heterocycles. The number of benzene rings is 2. The van der Waals surface area contributed by atoms with Gasteiger partial charge in [0.2, 0.25) is 5.95 Å². The fraction of sp³-hybridized carbons (Fsp3) is 0. The molecule has 0 unspecified atom stereocenters. The summed E-state index contributed by atoms with van der Waals surface area (Å²) in [4.78, 5) is 7.96. The number of nitrogens with one attached hydrogen (secondary N) is 1. The molecular weight excluding hydrogens is 335 g/mol. The number of aromatic hydroxyl groups is 1. The molecule has 0 fully saturated rings. The number of aromatic nitrogens is 2. The highest BCUT2D eigenvalue weighted by Gasteiger charge is 2.08. The Kier molecular flexibility index (Phi) is 4.23. The van der Waals surface area contributed by atoms with Gasteiger partial charge in [-0.2, -0.15) is 0 Å². The molecule has 0 bridgehead atoms. The summed E-state index contributed by atoms with van der Waals surface area (Å²) in [6.45, 7) is 0. The zero-order valence-electron chi connectivity index (χ0n) is 11.8. The highest BCUT2D eigenvalue weighted by Crippen LogP contribution is 2.33. The summed E-state index contributed by atoms with van der Waals surface area (Å²) in [5.74, 6) is 0.243. The van der Waals surface area contributed by atoms with E-state index in [2.05, 4.69) is 15.3 Å². The van der Waals surface area contributed by atoms with Gasteiger partial charge in [0.15, 0.2) is 0 Å². The van der Waals surface area contributed by atoms with Crippen LogP contribution in [0.5, 0.6) is 5.75 Å². The zero-order chi connectivity index (χ0) is 16.4. The Morgan fingerprint density at radius 2 is 1.70 bits per heavy atom. The van der Waals surface area contributed by atoms with Gasteiger partial charge < -0.3 is 16.2 Å². The Bertz CT molecular complexity index is 870. The standard InChI is InChI=1S/C16H12Cl2N4O/c17-12-3-1-10(8-13(12)18)21-9-2-4-15(23)11(7-9)14-5-6-20-16(19)22-14/h1-8,21,23H,(H2,19,20,22). The van der Waals surface area contributed by atoms with Gasteiger partial charge in [-0.1, -0.05) is 23.2 Å². The minimum Gasteiger partial charge on any atom is -0.507 e. The second kappa shape index (κ2) is 6.32. The molecule has 0 spiro atoms. The molecule has 0 amide bonds. The van der Waals surface area contributed by atoms with E-state index in [1.54, 1.807) is 36.4 Å². The first-order chi connectivity index (χ1) is 11.0. The van der Waals surface area contributed by atoms with Crippen LogP contribution in [0.25, 0.3) is 11.3 Å². The van der Waals surface area contributed by atoms with Crippen molar-refractivity contribution in [2.45, 2.75) is 0 Å². The van der Waals surface area contributed by atoms with E-state index in [0.717, 1.165) is 11.4 Å². The van der Waals surface area contributed by atoms with Crippen LogP contribution in [-0.2, 0) is 0 Å². The Labute approximate surface area is 142 Å². The quantitative estimate of drug-likeness (QED) is 0.608. The van der Waals surface area contributed by atoms with Gasteiger partial charge in [-0.25, -0.2) is 9.97 Å². The molecule has 1 aromatic heterocycles. The van der Waals surface area contributed by atoms with Crippen molar-refractivity contribution in [1.82, 2.24) is 9.97 Å². The molecule has 0 radical (unpaired) electrons. The summed E-state index contributed by atoms with van der Waals surface area (Å²) in [7, 11) is 0. The molecule has 3 rings (SSSR count). The lowest BCUT2D eigenvalue weighted by molar-refractivity contribution is 0.477. The molecule has 0 aliphatic heterocycles. The molecule has 5 nitrogen and oxygen atoms in total. The van der Waals surface area contributed by atoms with E-state index in [4.69, 9.17) is 28.9 Å². The SMILES string of the molecule is Nc1nccc(-c2cc(Nc3ccc(Cl)c(Cl)c3)ccc2O)n1. The van der Waals surface area contributed by atoms with Crippen LogP contribution in [0.15, 0.2) is 48.7 Å².